The summed E-state index contributed by atoms with van der Waals surface area (Å²) in [6, 6.07) is 7.23. The molecule has 2 saturated heterocycles. The summed E-state index contributed by atoms with van der Waals surface area (Å²) in [5.41, 5.74) is 1.59. The van der Waals surface area contributed by atoms with Crippen LogP contribution in [0.25, 0.3) is 0 Å². The van der Waals surface area contributed by atoms with E-state index in [4.69, 9.17) is 10.00 Å². The number of piperidine rings is 1. The highest BCUT2D eigenvalue weighted by Crippen LogP contribution is 2.31. The Morgan fingerprint density at radius 2 is 2.03 bits per heavy atom. The molecular weight excluding hydrogens is 400 g/mol. The van der Waals surface area contributed by atoms with Crippen molar-refractivity contribution in [3.05, 3.63) is 52.0 Å². The van der Waals surface area contributed by atoms with Gasteiger partial charge in [0.05, 0.1) is 24.3 Å². The number of aryl methyl sites for hydroxylation is 1. The van der Waals surface area contributed by atoms with Crippen LogP contribution in [0.2, 0.25) is 0 Å². The highest BCUT2D eigenvalue weighted by molar-refractivity contribution is 7.07. The van der Waals surface area contributed by atoms with Gasteiger partial charge in [-0.3, -0.25) is 9.59 Å². The van der Waals surface area contributed by atoms with Crippen molar-refractivity contribution in [2.24, 2.45) is 0 Å². The lowest BCUT2D eigenvalue weighted by Gasteiger charge is -2.47. The van der Waals surface area contributed by atoms with Gasteiger partial charge in [-0.1, -0.05) is 0 Å². The van der Waals surface area contributed by atoms with Crippen LogP contribution in [0.4, 0.5) is 0 Å². The predicted octanol–water partition coefficient (Wildman–Crippen LogP) is 2.48. The van der Waals surface area contributed by atoms with Gasteiger partial charge in [-0.2, -0.15) is 16.6 Å². The van der Waals surface area contributed by atoms with Crippen LogP contribution in [-0.4, -0.2) is 65.0 Å². The van der Waals surface area contributed by atoms with Crippen molar-refractivity contribution in [2.75, 3.05) is 32.8 Å². The second-order valence-corrected chi connectivity index (χ2v) is 8.59. The summed E-state index contributed by atoms with van der Waals surface area (Å²) in [6.07, 6.45) is 4.22. The second-order valence-electron chi connectivity index (χ2n) is 7.81. The van der Waals surface area contributed by atoms with E-state index in [-0.39, 0.29) is 11.8 Å². The van der Waals surface area contributed by atoms with E-state index in [1.54, 1.807) is 28.4 Å². The highest BCUT2D eigenvalue weighted by Gasteiger charge is 2.41. The van der Waals surface area contributed by atoms with Crippen molar-refractivity contribution in [3.8, 4) is 6.07 Å². The number of morpholine rings is 1. The minimum atomic E-state index is -0.391. The smallest absolute Gasteiger partial charge is 0.255 e. The van der Waals surface area contributed by atoms with Gasteiger partial charge in [-0.15, -0.1) is 0 Å². The topological polar surface area (TPSA) is 86.5 Å². The first-order valence-corrected chi connectivity index (χ1v) is 11.1. The molecule has 2 aliphatic rings. The van der Waals surface area contributed by atoms with Crippen LogP contribution in [-0.2, 0) is 16.0 Å². The van der Waals surface area contributed by atoms with Crippen LogP contribution in [0.5, 0.6) is 0 Å². The molecule has 1 spiro atoms. The fraction of sp³-hybridized carbons (Fsp3) is 0.455. The number of amides is 2. The lowest BCUT2D eigenvalue weighted by molar-refractivity contribution is -0.147. The van der Waals surface area contributed by atoms with Gasteiger partial charge >= 0.3 is 0 Å². The molecule has 156 valence electrons. The van der Waals surface area contributed by atoms with E-state index in [0.29, 0.717) is 50.5 Å². The molecule has 7 nitrogen and oxygen atoms in total. The number of nitrogens with zero attached hydrogens (tertiary/aromatic N) is 4. The summed E-state index contributed by atoms with van der Waals surface area (Å²) in [7, 11) is 0. The molecule has 2 fully saturated rings. The number of likely N-dealkylation sites (tertiary alicyclic amines) is 1. The van der Waals surface area contributed by atoms with E-state index in [0.717, 1.165) is 19.3 Å². The Morgan fingerprint density at radius 3 is 2.70 bits per heavy atom. The molecule has 2 amide bonds. The van der Waals surface area contributed by atoms with Gasteiger partial charge in [-0.25, -0.2) is 4.98 Å². The number of thiophene rings is 1. The zero-order valence-corrected chi connectivity index (χ0v) is 17.6. The van der Waals surface area contributed by atoms with Gasteiger partial charge in [0.1, 0.15) is 11.8 Å². The first-order valence-electron chi connectivity index (χ1n) is 10.2. The monoisotopic (exact) mass is 424 g/mol. The molecule has 0 aliphatic carbocycles. The van der Waals surface area contributed by atoms with E-state index in [1.165, 1.54) is 11.8 Å². The average molecular weight is 425 g/mol. The van der Waals surface area contributed by atoms with Crippen LogP contribution in [0.3, 0.4) is 0 Å². The summed E-state index contributed by atoms with van der Waals surface area (Å²) >= 11 is 1.65. The van der Waals surface area contributed by atoms with E-state index in [2.05, 4.69) is 16.4 Å². The summed E-state index contributed by atoms with van der Waals surface area (Å²) in [5, 5.41) is 13.0. The van der Waals surface area contributed by atoms with E-state index in [1.807, 2.05) is 16.3 Å². The number of carbonyl (C=O) groups excluding carboxylic acids is 2. The molecule has 0 atom stereocenters. The van der Waals surface area contributed by atoms with Gasteiger partial charge in [0.15, 0.2) is 0 Å². The fourth-order valence-electron chi connectivity index (χ4n) is 4.10. The van der Waals surface area contributed by atoms with E-state index >= 15 is 0 Å². The second kappa shape index (κ2) is 8.94. The third-order valence-electron chi connectivity index (χ3n) is 5.90. The number of rotatable bonds is 4. The van der Waals surface area contributed by atoms with Crippen molar-refractivity contribution in [3.63, 3.8) is 0 Å². The third-order valence-corrected chi connectivity index (χ3v) is 6.63. The Hall–Kier alpha value is -2.76. The molecule has 0 unspecified atom stereocenters. The number of hydrogen-bond donors (Lipinski definition) is 0. The standard InChI is InChI=1S/C22H24N4O3S/c23-13-19-3-2-18(14-24-19)21(28)26-10-11-29-22(16-26)6-8-25(9-7-22)20(27)4-1-17-5-12-30-15-17/h2-3,5,12,14-15H,1,4,6-11,16H2. The lowest BCUT2D eigenvalue weighted by Crippen LogP contribution is -2.58. The number of hydrogen-bond acceptors (Lipinski definition) is 6. The van der Waals surface area contributed by atoms with Gasteiger partial charge in [0.25, 0.3) is 5.91 Å². The normalized spacial score (nSPS) is 18.2. The number of aromatic nitrogens is 1. The fourth-order valence-corrected chi connectivity index (χ4v) is 4.80. The maximum atomic E-state index is 12.9. The number of pyridine rings is 1. The molecular formula is C22H24N4O3S. The molecule has 4 rings (SSSR count). The van der Waals surface area contributed by atoms with Crippen LogP contribution >= 0.6 is 11.3 Å². The number of nitriles is 1. The van der Waals surface area contributed by atoms with Crippen molar-refractivity contribution in [2.45, 2.75) is 31.3 Å². The Labute approximate surface area is 179 Å². The minimum absolute atomic E-state index is 0.0936. The Balaban J connectivity index is 1.32. The average Bonchev–Trinajstić information content (AvgIpc) is 3.31. The summed E-state index contributed by atoms with van der Waals surface area (Å²) in [6.45, 7) is 2.85. The van der Waals surface area contributed by atoms with Gasteiger partial charge in [-0.05, 0) is 53.8 Å². The van der Waals surface area contributed by atoms with Crippen LogP contribution in [0, 0.1) is 11.3 Å². The Bertz CT molecular complexity index is 928. The SMILES string of the molecule is N#Cc1ccc(C(=O)N2CCOC3(CCN(C(=O)CCc4ccsc4)CC3)C2)cn1. The third kappa shape index (κ3) is 4.53. The number of carbonyl (C=O) groups is 2. The molecule has 2 aromatic rings. The predicted molar refractivity (Wildman–Crippen MR) is 112 cm³/mol. The maximum absolute atomic E-state index is 12.9. The van der Waals surface area contributed by atoms with Crippen LogP contribution < -0.4 is 0 Å². The van der Waals surface area contributed by atoms with Gasteiger partial charge in [0.2, 0.25) is 5.91 Å². The zero-order valence-electron chi connectivity index (χ0n) is 16.7. The molecule has 2 aliphatic heterocycles. The van der Waals surface area contributed by atoms with Gasteiger partial charge in [0, 0.05) is 32.3 Å². The zero-order chi connectivity index (χ0) is 21.0. The highest BCUT2D eigenvalue weighted by atomic mass is 32.1. The molecule has 0 radical (unpaired) electrons. The minimum Gasteiger partial charge on any atom is -0.371 e. The molecule has 2 aromatic heterocycles. The molecule has 8 heteroatoms. The Morgan fingerprint density at radius 1 is 1.20 bits per heavy atom. The van der Waals surface area contributed by atoms with Crippen molar-refractivity contribution in [1.29, 1.82) is 5.26 Å². The first-order chi connectivity index (χ1) is 14.6. The van der Waals surface area contributed by atoms with E-state index in [9.17, 15) is 9.59 Å². The molecule has 0 N–H and O–H groups in total. The molecule has 30 heavy (non-hydrogen) atoms. The van der Waals surface area contributed by atoms with Crippen molar-refractivity contribution < 1.29 is 14.3 Å². The van der Waals surface area contributed by atoms with Gasteiger partial charge < -0.3 is 14.5 Å². The molecule has 0 bridgehead atoms. The maximum Gasteiger partial charge on any atom is 0.255 e. The quantitative estimate of drug-likeness (QED) is 0.753. The number of ether oxygens (including phenoxy) is 1. The van der Waals surface area contributed by atoms with Crippen molar-refractivity contribution in [1.82, 2.24) is 14.8 Å². The summed E-state index contributed by atoms with van der Waals surface area (Å²) in [5.74, 6) is 0.0902. The molecule has 0 saturated carbocycles. The van der Waals surface area contributed by atoms with E-state index < -0.39 is 5.60 Å². The van der Waals surface area contributed by atoms with Crippen LogP contribution in [0.15, 0.2) is 35.2 Å². The Kier molecular flexibility index (Phi) is 6.11. The molecule has 4 heterocycles. The van der Waals surface area contributed by atoms with Crippen molar-refractivity contribution >= 4 is 23.2 Å². The van der Waals surface area contributed by atoms with Crippen LogP contribution in [0.1, 0.15) is 40.9 Å². The molecule has 0 aromatic carbocycles. The first kappa shape index (κ1) is 20.5. The summed E-state index contributed by atoms with van der Waals surface area (Å²) < 4.78 is 6.12. The lowest BCUT2D eigenvalue weighted by atomic mass is 9.89. The largest absolute Gasteiger partial charge is 0.371 e. The summed E-state index contributed by atoms with van der Waals surface area (Å²) in [4.78, 5) is 33.2.